The Kier molecular flexibility index (Phi) is 5.78. The van der Waals surface area contributed by atoms with Gasteiger partial charge in [-0.25, -0.2) is 4.98 Å². The number of ether oxygens (including phenoxy) is 1. The van der Waals surface area contributed by atoms with Gasteiger partial charge in [0.05, 0.1) is 0 Å². The molecule has 0 fully saturated rings. The molecule has 0 saturated heterocycles. The number of aryl methyl sites for hydroxylation is 2. The summed E-state index contributed by atoms with van der Waals surface area (Å²) in [5.74, 6) is 2.27. The molecule has 4 aromatic rings. The van der Waals surface area contributed by atoms with Crippen LogP contribution in [0, 0.1) is 0 Å². The molecule has 3 aromatic carbocycles. The maximum absolute atomic E-state index is 6.23. The number of hydrogen-bond donors (Lipinski definition) is 0. The minimum Gasteiger partial charge on any atom is -0.489 e. The average Bonchev–Trinajstić information content (AvgIpc) is 3.53. The Bertz CT molecular complexity index is 1170. The Balaban J connectivity index is 1.32. The largest absolute Gasteiger partial charge is 0.489 e. The minimum atomic E-state index is -0.362. The zero-order valence-corrected chi connectivity index (χ0v) is 17.3. The Morgan fingerprint density at radius 2 is 1.47 bits per heavy atom. The summed E-state index contributed by atoms with van der Waals surface area (Å²) in [5.41, 5.74) is 4.06. The lowest BCUT2D eigenvalue weighted by molar-refractivity contribution is 0.291. The molecule has 7 nitrogen and oxygen atoms in total. The zero-order chi connectivity index (χ0) is 21.6. The Morgan fingerprint density at radius 1 is 0.750 bits per heavy atom. The van der Waals surface area contributed by atoms with Crippen molar-refractivity contribution < 1.29 is 9.15 Å². The average molecular weight is 423 g/mol. The van der Waals surface area contributed by atoms with Crippen molar-refractivity contribution in [3.63, 3.8) is 0 Å². The van der Waals surface area contributed by atoms with E-state index < -0.39 is 0 Å². The first-order valence-electron chi connectivity index (χ1n) is 10.5. The molecular formula is C25H21N5O2. The molecule has 1 aliphatic heterocycles. The fraction of sp³-hybridized carbons (Fsp3) is 0.160. The molecular weight excluding hydrogens is 402 g/mol. The number of oxazole rings is 1. The molecule has 0 radical (unpaired) electrons. The highest BCUT2D eigenvalue weighted by molar-refractivity contribution is 5.76. The van der Waals surface area contributed by atoms with Crippen LogP contribution in [-0.2, 0) is 12.8 Å². The third kappa shape index (κ3) is 4.62. The fourth-order valence-corrected chi connectivity index (χ4v) is 3.52. The van der Waals surface area contributed by atoms with Gasteiger partial charge in [0.2, 0.25) is 6.17 Å². The predicted molar refractivity (Wildman–Crippen MR) is 120 cm³/mol. The van der Waals surface area contributed by atoms with Gasteiger partial charge in [-0.1, -0.05) is 72.8 Å². The van der Waals surface area contributed by atoms with Gasteiger partial charge >= 0.3 is 0 Å². The zero-order valence-electron chi connectivity index (χ0n) is 17.3. The van der Waals surface area contributed by atoms with Gasteiger partial charge in [-0.2, -0.15) is 0 Å². The molecule has 0 spiro atoms. The first-order chi connectivity index (χ1) is 15.8. The van der Waals surface area contributed by atoms with Gasteiger partial charge in [-0.05, 0) is 34.6 Å². The van der Waals surface area contributed by atoms with Gasteiger partial charge < -0.3 is 9.15 Å². The van der Waals surface area contributed by atoms with E-state index in [2.05, 4.69) is 38.9 Å². The molecule has 0 unspecified atom stereocenters. The second kappa shape index (κ2) is 9.34. The van der Waals surface area contributed by atoms with Crippen LogP contribution in [0.15, 0.2) is 110 Å². The van der Waals surface area contributed by atoms with Crippen molar-refractivity contribution in [3.05, 3.63) is 96.4 Å². The van der Waals surface area contributed by atoms with Gasteiger partial charge in [0.1, 0.15) is 18.1 Å². The Labute approximate surface area is 185 Å². The lowest BCUT2D eigenvalue weighted by Gasteiger charge is -2.08. The molecule has 0 bridgehead atoms. The quantitative estimate of drug-likeness (QED) is 0.332. The van der Waals surface area contributed by atoms with Crippen molar-refractivity contribution >= 4 is 0 Å². The van der Waals surface area contributed by atoms with E-state index in [1.807, 2.05) is 66.7 Å². The summed E-state index contributed by atoms with van der Waals surface area (Å²) in [6.07, 6.45) is 1.10. The third-order valence-corrected chi connectivity index (χ3v) is 5.09. The number of nitrogens with zero attached hydrogens (tertiary/aromatic N) is 5. The standard InChI is InChI=1S/C25H21N5O2/c1-3-9-19(10-4-1)24-25(20-11-5-2-6-12-20)32-23(26-24)15-14-18-8-7-13-21(16-18)31-17-22-27-29-30-28-22/h1-13,16,22H,14-15,17H2. The van der Waals surface area contributed by atoms with Crippen LogP contribution in [-0.4, -0.2) is 17.8 Å². The maximum Gasteiger partial charge on any atom is 0.218 e. The monoisotopic (exact) mass is 423 g/mol. The van der Waals surface area contributed by atoms with Crippen LogP contribution in [0.3, 0.4) is 0 Å². The van der Waals surface area contributed by atoms with Crippen LogP contribution in [0.1, 0.15) is 11.5 Å². The molecule has 1 aromatic heterocycles. The molecule has 0 saturated carbocycles. The van der Waals surface area contributed by atoms with Crippen LogP contribution in [0.2, 0.25) is 0 Å². The van der Waals surface area contributed by atoms with E-state index in [0.29, 0.717) is 18.9 Å². The van der Waals surface area contributed by atoms with E-state index in [1.54, 1.807) is 0 Å². The van der Waals surface area contributed by atoms with Crippen molar-refractivity contribution in [2.24, 2.45) is 20.7 Å². The number of hydrogen-bond acceptors (Lipinski definition) is 7. The highest BCUT2D eigenvalue weighted by Gasteiger charge is 2.17. The lowest BCUT2D eigenvalue weighted by atomic mass is 10.1. The summed E-state index contributed by atoms with van der Waals surface area (Å²) in [6.45, 7) is 0.317. The van der Waals surface area contributed by atoms with Crippen molar-refractivity contribution in [3.8, 4) is 28.3 Å². The maximum atomic E-state index is 6.23. The molecule has 0 N–H and O–H groups in total. The predicted octanol–water partition coefficient (Wildman–Crippen LogP) is 6.33. The van der Waals surface area contributed by atoms with Crippen molar-refractivity contribution in [2.75, 3.05) is 6.61 Å². The fourth-order valence-electron chi connectivity index (χ4n) is 3.52. The summed E-state index contributed by atoms with van der Waals surface area (Å²) in [4.78, 5) is 4.84. The second-order valence-electron chi connectivity index (χ2n) is 7.37. The number of aromatic nitrogens is 1. The van der Waals surface area contributed by atoms with E-state index in [1.165, 1.54) is 0 Å². The first kappa shape index (κ1) is 19.8. The van der Waals surface area contributed by atoms with Gasteiger partial charge in [0.15, 0.2) is 11.7 Å². The van der Waals surface area contributed by atoms with Crippen LogP contribution >= 0.6 is 0 Å². The van der Waals surface area contributed by atoms with E-state index >= 15 is 0 Å². The normalized spacial score (nSPS) is 13.0. The molecule has 0 atom stereocenters. The van der Waals surface area contributed by atoms with Gasteiger partial charge in [0.25, 0.3) is 0 Å². The molecule has 0 amide bonds. The molecule has 5 rings (SSSR count). The van der Waals surface area contributed by atoms with Crippen LogP contribution in [0.25, 0.3) is 22.6 Å². The number of benzene rings is 3. The topological polar surface area (TPSA) is 84.7 Å². The smallest absolute Gasteiger partial charge is 0.218 e. The van der Waals surface area contributed by atoms with Gasteiger partial charge in [0, 0.05) is 17.5 Å². The SMILES string of the molecule is c1ccc(-c2nc(CCc3cccc(OCC4N=NN=N4)c3)oc2-c2ccccc2)cc1. The van der Waals surface area contributed by atoms with Gasteiger partial charge in [-0.3, -0.25) is 0 Å². The summed E-state index contributed by atoms with van der Waals surface area (Å²) in [7, 11) is 0. The molecule has 32 heavy (non-hydrogen) atoms. The summed E-state index contributed by atoms with van der Waals surface area (Å²) in [6, 6.07) is 28.2. The molecule has 1 aliphatic rings. The lowest BCUT2D eigenvalue weighted by Crippen LogP contribution is -2.11. The first-order valence-corrected chi connectivity index (χ1v) is 10.5. The third-order valence-electron chi connectivity index (χ3n) is 5.09. The highest BCUT2D eigenvalue weighted by Crippen LogP contribution is 2.33. The van der Waals surface area contributed by atoms with E-state index in [-0.39, 0.29) is 6.17 Å². The van der Waals surface area contributed by atoms with E-state index in [4.69, 9.17) is 14.1 Å². The summed E-state index contributed by atoms with van der Waals surface area (Å²) >= 11 is 0. The van der Waals surface area contributed by atoms with Crippen molar-refractivity contribution in [2.45, 2.75) is 19.0 Å². The molecule has 7 heteroatoms. The molecule has 0 aliphatic carbocycles. The van der Waals surface area contributed by atoms with Crippen LogP contribution in [0.5, 0.6) is 5.75 Å². The van der Waals surface area contributed by atoms with E-state index in [9.17, 15) is 0 Å². The summed E-state index contributed by atoms with van der Waals surface area (Å²) < 4.78 is 12.0. The van der Waals surface area contributed by atoms with Crippen molar-refractivity contribution in [1.82, 2.24) is 4.98 Å². The van der Waals surface area contributed by atoms with Crippen LogP contribution in [0.4, 0.5) is 0 Å². The minimum absolute atomic E-state index is 0.317. The van der Waals surface area contributed by atoms with Crippen LogP contribution < -0.4 is 4.74 Å². The molecule has 2 heterocycles. The molecule has 158 valence electrons. The van der Waals surface area contributed by atoms with Gasteiger partial charge in [-0.15, -0.1) is 10.2 Å². The van der Waals surface area contributed by atoms with Crippen molar-refractivity contribution in [1.29, 1.82) is 0 Å². The summed E-state index contributed by atoms with van der Waals surface area (Å²) in [5, 5.41) is 14.7. The highest BCUT2D eigenvalue weighted by atomic mass is 16.5. The second-order valence-corrected chi connectivity index (χ2v) is 7.37. The number of rotatable bonds is 8. The Hall–Kier alpha value is -4.13. The van der Waals surface area contributed by atoms with E-state index in [0.717, 1.165) is 40.3 Å². The Morgan fingerprint density at radius 3 is 2.22 bits per heavy atom.